The van der Waals surface area contributed by atoms with Gasteiger partial charge in [0.2, 0.25) is 0 Å². The molecular formula is C14H28N2. The summed E-state index contributed by atoms with van der Waals surface area (Å²) in [5.41, 5.74) is 6.87. The fourth-order valence-corrected chi connectivity index (χ4v) is 3.34. The van der Waals surface area contributed by atoms with E-state index in [0.717, 1.165) is 0 Å². The van der Waals surface area contributed by atoms with Crippen molar-refractivity contribution in [2.24, 2.45) is 11.1 Å². The first-order valence-corrected chi connectivity index (χ1v) is 7.14. The number of hydrogen-bond acceptors (Lipinski definition) is 2. The first-order valence-electron chi connectivity index (χ1n) is 7.14. The number of rotatable bonds is 2. The molecule has 94 valence electrons. The maximum absolute atomic E-state index is 6.27. The van der Waals surface area contributed by atoms with Gasteiger partial charge in [0.15, 0.2) is 0 Å². The van der Waals surface area contributed by atoms with Gasteiger partial charge < -0.3 is 5.73 Å². The van der Waals surface area contributed by atoms with Gasteiger partial charge in [-0.15, -0.1) is 0 Å². The molecule has 1 heterocycles. The molecule has 2 atom stereocenters. The van der Waals surface area contributed by atoms with E-state index in [1.165, 1.54) is 58.0 Å². The van der Waals surface area contributed by atoms with Crippen LogP contribution in [0.3, 0.4) is 0 Å². The van der Waals surface area contributed by atoms with Crippen molar-refractivity contribution in [2.75, 3.05) is 13.1 Å². The summed E-state index contributed by atoms with van der Waals surface area (Å²) in [4.78, 5) is 2.68. The lowest BCUT2D eigenvalue weighted by molar-refractivity contribution is 0.0568. The first-order chi connectivity index (χ1) is 7.64. The first kappa shape index (κ1) is 12.4. The molecule has 1 saturated heterocycles. The van der Waals surface area contributed by atoms with E-state index in [9.17, 15) is 0 Å². The van der Waals surface area contributed by atoms with Gasteiger partial charge in [-0.1, -0.05) is 33.1 Å². The van der Waals surface area contributed by atoms with Crippen LogP contribution in [0.15, 0.2) is 0 Å². The van der Waals surface area contributed by atoms with Crippen molar-refractivity contribution in [1.82, 2.24) is 4.90 Å². The highest BCUT2D eigenvalue weighted by Crippen LogP contribution is 2.36. The molecule has 2 N–H and O–H groups in total. The topological polar surface area (TPSA) is 29.3 Å². The van der Waals surface area contributed by atoms with Crippen LogP contribution in [0.4, 0.5) is 0 Å². The molecule has 0 aromatic rings. The Morgan fingerprint density at radius 2 is 1.81 bits per heavy atom. The normalized spacial score (nSPS) is 36.2. The van der Waals surface area contributed by atoms with E-state index in [-0.39, 0.29) is 0 Å². The van der Waals surface area contributed by atoms with Gasteiger partial charge in [-0.2, -0.15) is 0 Å². The molecule has 0 aromatic carbocycles. The summed E-state index contributed by atoms with van der Waals surface area (Å²) < 4.78 is 0. The molecule has 2 aliphatic rings. The second-order valence-electron chi connectivity index (χ2n) is 6.22. The summed E-state index contributed by atoms with van der Waals surface area (Å²) in [5, 5.41) is 0. The average molecular weight is 224 g/mol. The lowest BCUT2D eigenvalue weighted by atomic mass is 9.77. The molecular weight excluding hydrogens is 196 g/mol. The van der Waals surface area contributed by atoms with Crippen molar-refractivity contribution in [2.45, 2.75) is 70.9 Å². The molecule has 0 bridgehead atoms. The lowest BCUT2D eigenvalue weighted by Gasteiger charge is -2.45. The molecule has 2 nitrogen and oxygen atoms in total. The third kappa shape index (κ3) is 2.60. The largest absolute Gasteiger partial charge is 0.326 e. The Balaban J connectivity index is 1.88. The molecule has 0 radical (unpaired) electrons. The number of nitrogens with two attached hydrogens (primary N) is 1. The van der Waals surface area contributed by atoms with Crippen LogP contribution in [0.2, 0.25) is 0 Å². The van der Waals surface area contributed by atoms with E-state index >= 15 is 0 Å². The Bertz CT molecular complexity index is 219. The maximum atomic E-state index is 6.27. The van der Waals surface area contributed by atoms with E-state index in [1.54, 1.807) is 0 Å². The molecule has 1 aliphatic heterocycles. The molecule has 16 heavy (non-hydrogen) atoms. The fourth-order valence-electron chi connectivity index (χ4n) is 3.34. The van der Waals surface area contributed by atoms with Gasteiger partial charge in [0.05, 0.1) is 0 Å². The van der Waals surface area contributed by atoms with Crippen LogP contribution in [0.5, 0.6) is 0 Å². The maximum Gasteiger partial charge on any atom is 0.0247 e. The number of piperidine rings is 1. The predicted molar refractivity (Wildman–Crippen MR) is 69.4 cm³/mol. The van der Waals surface area contributed by atoms with Gasteiger partial charge in [-0.25, -0.2) is 0 Å². The number of likely N-dealkylation sites (tertiary alicyclic amines) is 1. The Labute approximate surface area is 101 Å². The second-order valence-corrected chi connectivity index (χ2v) is 6.22. The molecule has 1 saturated carbocycles. The number of hydrogen-bond donors (Lipinski definition) is 1. The van der Waals surface area contributed by atoms with E-state index in [2.05, 4.69) is 18.7 Å². The predicted octanol–water partition coefficient (Wildman–Crippen LogP) is 2.77. The summed E-state index contributed by atoms with van der Waals surface area (Å²) in [6, 6.07) is 1.13. The van der Waals surface area contributed by atoms with Crippen molar-refractivity contribution < 1.29 is 0 Å². The highest BCUT2D eigenvalue weighted by atomic mass is 15.2. The quantitative estimate of drug-likeness (QED) is 0.781. The summed E-state index contributed by atoms with van der Waals surface area (Å²) >= 11 is 0. The Morgan fingerprint density at radius 1 is 1.19 bits per heavy atom. The zero-order valence-electron chi connectivity index (χ0n) is 11.0. The van der Waals surface area contributed by atoms with Crippen LogP contribution < -0.4 is 5.73 Å². The van der Waals surface area contributed by atoms with Gasteiger partial charge in [0, 0.05) is 12.1 Å². The smallest absolute Gasteiger partial charge is 0.0247 e. The molecule has 2 fully saturated rings. The third-order valence-corrected chi connectivity index (χ3v) is 5.11. The van der Waals surface area contributed by atoms with Crippen molar-refractivity contribution >= 4 is 0 Å². The summed E-state index contributed by atoms with van der Waals surface area (Å²) in [5.74, 6) is 0. The summed E-state index contributed by atoms with van der Waals surface area (Å²) in [6.07, 6.45) is 9.38. The molecule has 2 unspecified atom stereocenters. The molecule has 2 heteroatoms. The zero-order chi connectivity index (χ0) is 11.6. The van der Waals surface area contributed by atoms with E-state index < -0.39 is 0 Å². The van der Waals surface area contributed by atoms with Crippen LogP contribution in [0.1, 0.15) is 58.8 Å². The van der Waals surface area contributed by atoms with Crippen LogP contribution in [0.25, 0.3) is 0 Å². The van der Waals surface area contributed by atoms with Crippen molar-refractivity contribution in [3.05, 3.63) is 0 Å². The summed E-state index contributed by atoms with van der Waals surface area (Å²) in [6.45, 7) is 7.35. The zero-order valence-corrected chi connectivity index (χ0v) is 11.0. The monoisotopic (exact) mass is 224 g/mol. The van der Waals surface area contributed by atoms with Crippen LogP contribution in [-0.2, 0) is 0 Å². The van der Waals surface area contributed by atoms with E-state index in [0.29, 0.717) is 17.5 Å². The molecule has 1 aliphatic carbocycles. The van der Waals surface area contributed by atoms with Crippen LogP contribution in [0, 0.1) is 5.41 Å². The SMILES string of the molecule is CCC1(C)CCN(C2CCCCC2N)CC1. The van der Waals surface area contributed by atoms with Crippen molar-refractivity contribution in [1.29, 1.82) is 0 Å². The minimum absolute atomic E-state index is 0.444. The lowest BCUT2D eigenvalue weighted by Crippen LogP contribution is -2.53. The Kier molecular flexibility index (Phi) is 3.91. The van der Waals surface area contributed by atoms with Gasteiger partial charge >= 0.3 is 0 Å². The highest BCUT2D eigenvalue weighted by Gasteiger charge is 2.34. The van der Waals surface area contributed by atoms with Gasteiger partial charge in [-0.3, -0.25) is 4.90 Å². The van der Waals surface area contributed by atoms with Crippen LogP contribution in [-0.4, -0.2) is 30.1 Å². The van der Waals surface area contributed by atoms with Crippen molar-refractivity contribution in [3.8, 4) is 0 Å². The van der Waals surface area contributed by atoms with Crippen LogP contribution >= 0.6 is 0 Å². The van der Waals surface area contributed by atoms with Gasteiger partial charge in [0.25, 0.3) is 0 Å². The third-order valence-electron chi connectivity index (χ3n) is 5.11. The molecule has 2 rings (SSSR count). The Hall–Kier alpha value is -0.0800. The minimum atomic E-state index is 0.444. The standard InChI is InChI=1S/C14H28N2/c1-3-14(2)8-10-16(11-9-14)13-7-5-4-6-12(13)15/h12-13H,3-11,15H2,1-2H3. The van der Waals surface area contributed by atoms with E-state index in [4.69, 9.17) is 5.73 Å². The minimum Gasteiger partial charge on any atom is -0.326 e. The molecule has 0 amide bonds. The molecule has 0 aromatic heterocycles. The number of nitrogens with zero attached hydrogens (tertiary/aromatic N) is 1. The van der Waals surface area contributed by atoms with E-state index in [1.807, 2.05) is 0 Å². The fraction of sp³-hybridized carbons (Fsp3) is 1.00. The van der Waals surface area contributed by atoms with Gasteiger partial charge in [-0.05, 0) is 44.2 Å². The Morgan fingerprint density at radius 3 is 2.38 bits per heavy atom. The second kappa shape index (κ2) is 5.05. The van der Waals surface area contributed by atoms with Crippen molar-refractivity contribution in [3.63, 3.8) is 0 Å². The molecule has 0 spiro atoms. The average Bonchev–Trinajstić information content (AvgIpc) is 2.31. The highest BCUT2D eigenvalue weighted by molar-refractivity contribution is 4.90. The van der Waals surface area contributed by atoms with Gasteiger partial charge in [0.1, 0.15) is 0 Å². The summed E-state index contributed by atoms with van der Waals surface area (Å²) in [7, 11) is 0.